The summed E-state index contributed by atoms with van der Waals surface area (Å²) in [6.45, 7) is 10.2. The van der Waals surface area contributed by atoms with Gasteiger partial charge in [0.05, 0.1) is 11.0 Å². The highest BCUT2D eigenvalue weighted by Gasteiger charge is 2.16. The average molecular weight is 503 g/mol. The molecule has 6 rings (SSSR count). The molecule has 0 unspecified atom stereocenters. The molecule has 1 heterocycles. The highest BCUT2D eigenvalue weighted by molar-refractivity contribution is 6.19. The summed E-state index contributed by atoms with van der Waals surface area (Å²) in [5.74, 6) is 0. The Hall–Kier alpha value is -5.08. The Labute approximate surface area is 229 Å². The Kier molecular flexibility index (Phi) is 6.22. The van der Waals surface area contributed by atoms with Gasteiger partial charge in [-0.2, -0.15) is 0 Å². The predicted molar refractivity (Wildman–Crippen MR) is 170 cm³/mol. The standard InChI is InChI=1S/C37H30N2/c1-4-10-25(3)27-11-9-12-28(21-27)29-15-18-33-31(22-29)17-20-35-34-19-16-30(26(5-2)24-38)23-36(34)39(37(33)35)32-13-7-6-8-14-32/h4-24H,2-3,38H2,1H3/b10-4-,26-24+. The molecule has 0 aliphatic heterocycles. The Morgan fingerprint density at radius 3 is 2.28 bits per heavy atom. The van der Waals surface area contributed by atoms with Crippen molar-refractivity contribution in [2.45, 2.75) is 6.92 Å². The van der Waals surface area contributed by atoms with E-state index in [0.717, 1.165) is 33.5 Å². The summed E-state index contributed by atoms with van der Waals surface area (Å²) in [5, 5.41) is 4.85. The van der Waals surface area contributed by atoms with Crippen LogP contribution in [-0.4, -0.2) is 4.57 Å². The van der Waals surface area contributed by atoms with Gasteiger partial charge in [0.1, 0.15) is 0 Å². The van der Waals surface area contributed by atoms with E-state index in [4.69, 9.17) is 5.73 Å². The van der Waals surface area contributed by atoms with Gasteiger partial charge in [0.2, 0.25) is 0 Å². The van der Waals surface area contributed by atoms with Crippen LogP contribution >= 0.6 is 0 Å². The Morgan fingerprint density at radius 1 is 0.744 bits per heavy atom. The smallest absolute Gasteiger partial charge is 0.0619 e. The maximum absolute atomic E-state index is 5.91. The Balaban J connectivity index is 1.61. The number of allylic oxidation sites excluding steroid dienone is 5. The molecule has 188 valence electrons. The number of para-hydroxylation sites is 1. The molecule has 0 saturated carbocycles. The van der Waals surface area contributed by atoms with E-state index in [2.05, 4.69) is 121 Å². The zero-order valence-corrected chi connectivity index (χ0v) is 22.1. The second-order valence-corrected chi connectivity index (χ2v) is 9.73. The summed E-state index contributed by atoms with van der Waals surface area (Å²) in [5.41, 5.74) is 15.8. The quantitative estimate of drug-likeness (QED) is 0.226. The fourth-order valence-corrected chi connectivity index (χ4v) is 5.52. The first-order valence-corrected chi connectivity index (χ1v) is 13.2. The maximum Gasteiger partial charge on any atom is 0.0619 e. The normalized spacial score (nSPS) is 12.1. The topological polar surface area (TPSA) is 30.9 Å². The third-order valence-corrected chi connectivity index (χ3v) is 7.43. The highest BCUT2D eigenvalue weighted by atomic mass is 15.0. The van der Waals surface area contributed by atoms with Crippen LogP contribution in [0.15, 0.2) is 141 Å². The summed E-state index contributed by atoms with van der Waals surface area (Å²) in [6, 6.07) is 36.9. The molecule has 0 aliphatic carbocycles. The molecule has 2 heteroatoms. The number of nitrogens with two attached hydrogens (primary N) is 1. The van der Waals surface area contributed by atoms with Crippen molar-refractivity contribution in [3.05, 3.63) is 152 Å². The number of benzene rings is 5. The monoisotopic (exact) mass is 502 g/mol. The molecule has 0 bridgehead atoms. The summed E-state index contributed by atoms with van der Waals surface area (Å²) in [7, 11) is 0. The number of hydrogen-bond donors (Lipinski definition) is 1. The molecule has 0 aliphatic rings. The first kappa shape index (κ1) is 24.3. The van der Waals surface area contributed by atoms with Crippen LogP contribution in [0, 0.1) is 0 Å². The van der Waals surface area contributed by atoms with Gasteiger partial charge < -0.3 is 10.3 Å². The molecule has 0 atom stereocenters. The lowest BCUT2D eigenvalue weighted by Crippen LogP contribution is -1.95. The molecule has 2 N–H and O–H groups in total. The van der Waals surface area contributed by atoms with E-state index < -0.39 is 0 Å². The Bertz CT molecular complexity index is 1950. The molecular weight excluding hydrogens is 472 g/mol. The van der Waals surface area contributed by atoms with Gasteiger partial charge in [-0.3, -0.25) is 0 Å². The van der Waals surface area contributed by atoms with Crippen LogP contribution in [0.4, 0.5) is 0 Å². The summed E-state index contributed by atoms with van der Waals surface area (Å²) in [6.07, 6.45) is 7.49. The molecule has 0 amide bonds. The third-order valence-electron chi connectivity index (χ3n) is 7.43. The van der Waals surface area contributed by atoms with Gasteiger partial charge in [0, 0.05) is 28.0 Å². The van der Waals surface area contributed by atoms with Crippen molar-refractivity contribution in [1.82, 2.24) is 4.57 Å². The van der Waals surface area contributed by atoms with E-state index in [0.29, 0.717) is 0 Å². The zero-order valence-electron chi connectivity index (χ0n) is 22.1. The maximum atomic E-state index is 5.91. The number of aromatic nitrogens is 1. The van der Waals surface area contributed by atoms with E-state index >= 15 is 0 Å². The lowest BCUT2D eigenvalue weighted by Gasteiger charge is -2.12. The minimum absolute atomic E-state index is 0.913. The second-order valence-electron chi connectivity index (χ2n) is 9.73. The van der Waals surface area contributed by atoms with Gasteiger partial charge in [0.15, 0.2) is 0 Å². The minimum atomic E-state index is 0.913. The van der Waals surface area contributed by atoms with Gasteiger partial charge in [0.25, 0.3) is 0 Å². The number of rotatable bonds is 6. The van der Waals surface area contributed by atoms with E-state index in [1.54, 1.807) is 12.3 Å². The second kappa shape index (κ2) is 10.00. The lowest BCUT2D eigenvalue weighted by atomic mass is 9.96. The van der Waals surface area contributed by atoms with Crippen LogP contribution < -0.4 is 5.73 Å². The van der Waals surface area contributed by atoms with Gasteiger partial charge in [-0.15, -0.1) is 0 Å². The van der Waals surface area contributed by atoms with Crippen LogP contribution in [0.25, 0.3) is 60.5 Å². The van der Waals surface area contributed by atoms with Crippen molar-refractivity contribution in [2.24, 2.45) is 5.73 Å². The van der Waals surface area contributed by atoms with E-state index in [1.165, 1.54) is 38.2 Å². The van der Waals surface area contributed by atoms with Gasteiger partial charge in [-0.1, -0.05) is 104 Å². The van der Waals surface area contributed by atoms with Crippen molar-refractivity contribution in [1.29, 1.82) is 0 Å². The fraction of sp³-hybridized carbons (Fsp3) is 0.0270. The molecule has 0 radical (unpaired) electrons. The van der Waals surface area contributed by atoms with Crippen molar-refractivity contribution in [2.75, 3.05) is 0 Å². The number of hydrogen-bond acceptors (Lipinski definition) is 1. The Morgan fingerprint density at radius 2 is 1.51 bits per heavy atom. The van der Waals surface area contributed by atoms with Crippen molar-refractivity contribution < 1.29 is 0 Å². The molecule has 0 saturated heterocycles. The van der Waals surface area contributed by atoms with Gasteiger partial charge >= 0.3 is 0 Å². The number of fused-ring (bicyclic) bond motifs is 5. The molecular formula is C37H30N2. The fourth-order valence-electron chi connectivity index (χ4n) is 5.52. The lowest BCUT2D eigenvalue weighted by molar-refractivity contribution is 1.19. The van der Waals surface area contributed by atoms with Crippen molar-refractivity contribution >= 4 is 43.7 Å². The molecule has 5 aromatic carbocycles. The van der Waals surface area contributed by atoms with E-state index in [-0.39, 0.29) is 0 Å². The van der Waals surface area contributed by atoms with Crippen LogP contribution in [-0.2, 0) is 0 Å². The summed E-state index contributed by atoms with van der Waals surface area (Å²) < 4.78 is 2.37. The van der Waals surface area contributed by atoms with Crippen LogP contribution in [0.3, 0.4) is 0 Å². The molecule has 1 aromatic heterocycles. The SMILES string of the molecule is C=C/C(=C\N)c1ccc2c3ccc4cc(-c5cccc(C(=C)/C=C\C)c5)ccc4c3n(-c3ccccc3)c2c1. The van der Waals surface area contributed by atoms with Crippen LogP contribution in [0.1, 0.15) is 18.1 Å². The predicted octanol–water partition coefficient (Wildman–Crippen LogP) is 9.68. The average Bonchev–Trinajstić information content (AvgIpc) is 3.32. The van der Waals surface area contributed by atoms with Crippen molar-refractivity contribution in [3.8, 4) is 16.8 Å². The van der Waals surface area contributed by atoms with Gasteiger partial charge in [-0.25, -0.2) is 0 Å². The molecule has 39 heavy (non-hydrogen) atoms. The largest absolute Gasteiger partial charge is 0.404 e. The molecule has 6 aromatic rings. The molecule has 0 fully saturated rings. The van der Waals surface area contributed by atoms with E-state index in [1.807, 2.05) is 19.1 Å². The van der Waals surface area contributed by atoms with Gasteiger partial charge in [-0.05, 0) is 76.0 Å². The summed E-state index contributed by atoms with van der Waals surface area (Å²) in [4.78, 5) is 0. The third kappa shape index (κ3) is 4.17. The zero-order chi connectivity index (χ0) is 26.9. The minimum Gasteiger partial charge on any atom is -0.404 e. The van der Waals surface area contributed by atoms with Crippen LogP contribution in [0.2, 0.25) is 0 Å². The van der Waals surface area contributed by atoms with E-state index in [9.17, 15) is 0 Å². The van der Waals surface area contributed by atoms with Crippen molar-refractivity contribution in [3.63, 3.8) is 0 Å². The molecule has 0 spiro atoms. The van der Waals surface area contributed by atoms with Crippen LogP contribution in [0.5, 0.6) is 0 Å². The first-order chi connectivity index (χ1) is 19.1. The number of nitrogens with zero attached hydrogens (tertiary/aromatic N) is 1. The molecule has 2 nitrogen and oxygen atoms in total. The highest BCUT2D eigenvalue weighted by Crippen LogP contribution is 2.39. The first-order valence-electron chi connectivity index (χ1n) is 13.2. The summed E-state index contributed by atoms with van der Waals surface area (Å²) >= 11 is 0.